The van der Waals surface area contributed by atoms with Crippen LogP contribution < -0.4 is 9.64 Å². The molecule has 3 aromatic carbocycles. The molecule has 2 heterocycles. The summed E-state index contributed by atoms with van der Waals surface area (Å²) in [7, 11) is 7.97. The summed E-state index contributed by atoms with van der Waals surface area (Å²) in [5.41, 5.74) is 4.30. The molecule has 0 atom stereocenters. The number of para-hydroxylation sites is 1. The van der Waals surface area contributed by atoms with E-state index in [2.05, 4.69) is 60.2 Å². The van der Waals surface area contributed by atoms with E-state index in [1.807, 2.05) is 24.3 Å². The number of nitrogens with zero attached hydrogens (tertiary/aromatic N) is 4. The van der Waals surface area contributed by atoms with E-state index in [0.717, 1.165) is 46.7 Å². The summed E-state index contributed by atoms with van der Waals surface area (Å²) < 4.78 is 22.0. The summed E-state index contributed by atoms with van der Waals surface area (Å²) in [6, 6.07) is 25.9. The molecule has 5 rings (SSSR count). The van der Waals surface area contributed by atoms with Crippen molar-refractivity contribution in [3.8, 4) is 21.9 Å². The van der Waals surface area contributed by atoms with Crippen LogP contribution in [-0.4, -0.2) is 67.8 Å². The minimum Gasteiger partial charge on any atom is -0.453 e. The topological polar surface area (TPSA) is 66.0 Å². The molecule has 46 heavy (non-hydrogen) atoms. The van der Waals surface area contributed by atoms with Gasteiger partial charge in [-0.05, 0) is 87.7 Å². The van der Waals surface area contributed by atoms with E-state index in [1.54, 1.807) is 48.8 Å². The number of halogens is 1. The lowest BCUT2D eigenvalue weighted by Gasteiger charge is -2.18. The van der Waals surface area contributed by atoms with Crippen LogP contribution in [0.5, 0.6) is 11.5 Å². The lowest BCUT2D eigenvalue weighted by atomic mass is 10.1. The first kappa shape index (κ1) is 32.9. The Morgan fingerprint density at radius 2 is 1.59 bits per heavy atom. The molecule has 0 aliphatic carbocycles. The van der Waals surface area contributed by atoms with Crippen LogP contribution in [0.2, 0.25) is 0 Å². The molecule has 0 fully saturated rings. The Bertz CT molecular complexity index is 1790. The molecule has 0 spiro atoms. The van der Waals surface area contributed by atoms with E-state index < -0.39 is 5.82 Å². The highest BCUT2D eigenvalue weighted by molar-refractivity contribution is 7.22. The van der Waals surface area contributed by atoms with Gasteiger partial charge in [-0.1, -0.05) is 48.5 Å². The summed E-state index contributed by atoms with van der Waals surface area (Å²) in [5.74, 6) is -0.625. The zero-order chi connectivity index (χ0) is 32.6. The Morgan fingerprint density at radius 3 is 2.30 bits per heavy atom. The van der Waals surface area contributed by atoms with Crippen LogP contribution in [0.3, 0.4) is 0 Å². The van der Waals surface area contributed by atoms with Crippen LogP contribution >= 0.6 is 11.3 Å². The molecule has 5 aromatic rings. The van der Waals surface area contributed by atoms with Crippen molar-refractivity contribution in [3.63, 3.8) is 0 Å². The number of hydrogen-bond donors (Lipinski definition) is 0. The van der Waals surface area contributed by atoms with E-state index in [9.17, 15) is 9.59 Å². The van der Waals surface area contributed by atoms with Crippen molar-refractivity contribution in [2.24, 2.45) is 0 Å². The van der Waals surface area contributed by atoms with Gasteiger partial charge in [0.15, 0.2) is 11.6 Å². The van der Waals surface area contributed by atoms with Gasteiger partial charge >= 0.3 is 0 Å². The first-order valence-corrected chi connectivity index (χ1v) is 16.1. The van der Waals surface area contributed by atoms with Crippen molar-refractivity contribution in [1.82, 2.24) is 14.8 Å². The fourth-order valence-electron chi connectivity index (χ4n) is 5.19. The van der Waals surface area contributed by atoms with Crippen LogP contribution in [0.4, 0.5) is 10.1 Å². The van der Waals surface area contributed by atoms with Crippen LogP contribution in [0.15, 0.2) is 91.1 Å². The number of hydrogen-bond acceptors (Lipinski definition) is 7. The predicted octanol–water partition coefficient (Wildman–Crippen LogP) is 7.44. The van der Waals surface area contributed by atoms with Crippen LogP contribution in [-0.2, 0) is 22.6 Å². The SMILES string of the molecule is CN(C)CCCN(C)Cc1ccc(-c2cc3nccc(Oc4ccc(CC(=O)CC(=O)N(C)c5ccccc5)cc4F)c3s2)cc1. The minimum absolute atomic E-state index is 0.0507. The first-order valence-electron chi connectivity index (χ1n) is 15.3. The number of thiophene rings is 1. The highest BCUT2D eigenvalue weighted by Gasteiger charge is 2.18. The number of benzene rings is 3. The average Bonchev–Trinajstić information content (AvgIpc) is 3.48. The van der Waals surface area contributed by atoms with Gasteiger partial charge in [0.25, 0.3) is 0 Å². The molecule has 238 valence electrons. The van der Waals surface area contributed by atoms with Crippen molar-refractivity contribution in [3.05, 3.63) is 108 Å². The second kappa shape index (κ2) is 15.2. The van der Waals surface area contributed by atoms with Gasteiger partial charge in [-0.3, -0.25) is 14.6 Å². The van der Waals surface area contributed by atoms with E-state index >= 15 is 4.39 Å². The molecule has 0 N–H and O–H groups in total. The number of aromatic nitrogens is 1. The molecule has 2 aromatic heterocycles. The van der Waals surface area contributed by atoms with Crippen LogP contribution in [0.1, 0.15) is 24.0 Å². The summed E-state index contributed by atoms with van der Waals surface area (Å²) in [5, 5.41) is 0. The molecule has 0 saturated carbocycles. The normalized spacial score (nSPS) is 11.4. The smallest absolute Gasteiger partial charge is 0.234 e. The Morgan fingerprint density at radius 1 is 0.848 bits per heavy atom. The van der Waals surface area contributed by atoms with Crippen molar-refractivity contribution in [2.75, 3.05) is 46.2 Å². The quantitative estimate of drug-likeness (QED) is 0.118. The van der Waals surface area contributed by atoms with Gasteiger partial charge in [0, 0.05) is 42.8 Å². The highest BCUT2D eigenvalue weighted by Crippen LogP contribution is 2.39. The molecule has 0 unspecified atom stereocenters. The number of Topliss-reactive ketones (excluding diaryl/α,β-unsaturated/α-hetero) is 1. The maximum absolute atomic E-state index is 15.2. The third kappa shape index (κ3) is 8.63. The fourth-order valence-corrected chi connectivity index (χ4v) is 6.26. The van der Waals surface area contributed by atoms with E-state index in [-0.39, 0.29) is 30.3 Å². The van der Waals surface area contributed by atoms with Gasteiger partial charge in [0.1, 0.15) is 11.5 Å². The number of fused-ring (bicyclic) bond motifs is 1. The highest BCUT2D eigenvalue weighted by atomic mass is 32.1. The van der Waals surface area contributed by atoms with Gasteiger partial charge < -0.3 is 19.4 Å². The average molecular weight is 639 g/mol. The lowest BCUT2D eigenvalue weighted by molar-refractivity contribution is -0.126. The molecule has 1 amide bonds. The Hall–Kier alpha value is -4.44. The molecule has 0 bridgehead atoms. The molecular weight excluding hydrogens is 599 g/mol. The number of carbonyl (C=O) groups excluding carboxylic acids is 2. The second-order valence-electron chi connectivity index (χ2n) is 11.8. The maximum Gasteiger partial charge on any atom is 0.234 e. The summed E-state index contributed by atoms with van der Waals surface area (Å²) in [4.78, 5) is 36.7. The molecular formula is C37H39FN4O3S. The number of amides is 1. The molecule has 7 nitrogen and oxygen atoms in total. The zero-order valence-corrected chi connectivity index (χ0v) is 27.5. The maximum atomic E-state index is 15.2. The van der Waals surface area contributed by atoms with Gasteiger partial charge in [0.2, 0.25) is 5.91 Å². The Balaban J connectivity index is 1.21. The Kier molecular flexibility index (Phi) is 10.9. The van der Waals surface area contributed by atoms with E-state index in [0.29, 0.717) is 17.0 Å². The molecule has 0 aliphatic heterocycles. The van der Waals surface area contributed by atoms with Crippen molar-refractivity contribution >= 4 is 38.9 Å². The zero-order valence-electron chi connectivity index (χ0n) is 26.7. The number of ketones is 1. The third-order valence-electron chi connectivity index (χ3n) is 7.70. The number of rotatable bonds is 14. The van der Waals surface area contributed by atoms with Crippen molar-refractivity contribution in [1.29, 1.82) is 0 Å². The first-order chi connectivity index (χ1) is 22.2. The predicted molar refractivity (Wildman–Crippen MR) is 184 cm³/mol. The monoisotopic (exact) mass is 638 g/mol. The third-order valence-corrected chi connectivity index (χ3v) is 8.88. The summed E-state index contributed by atoms with van der Waals surface area (Å²) in [6.07, 6.45) is 2.46. The minimum atomic E-state index is -0.581. The Labute approximate surface area is 273 Å². The molecule has 9 heteroatoms. The largest absolute Gasteiger partial charge is 0.453 e. The standard InChI is InChI=1S/C37H39FN4O3S/c1-40(2)19-8-20-41(3)25-26-11-14-28(15-12-26)35-24-32-37(46-35)34(17-18-39-32)45-33-16-13-27(22-31(33)38)21-30(43)23-36(44)42(4)29-9-6-5-7-10-29/h5-7,9-18,22,24H,8,19-21,23,25H2,1-4H3. The van der Waals surface area contributed by atoms with E-state index in [1.165, 1.54) is 22.6 Å². The van der Waals surface area contributed by atoms with Gasteiger partial charge in [-0.15, -0.1) is 11.3 Å². The summed E-state index contributed by atoms with van der Waals surface area (Å²) >= 11 is 1.55. The molecule has 0 saturated heterocycles. The lowest BCUT2D eigenvalue weighted by Crippen LogP contribution is -2.28. The van der Waals surface area contributed by atoms with Crippen LogP contribution in [0, 0.1) is 5.82 Å². The number of ether oxygens (including phenoxy) is 1. The van der Waals surface area contributed by atoms with Crippen molar-refractivity contribution < 1.29 is 18.7 Å². The number of pyridine rings is 1. The number of anilines is 1. The van der Waals surface area contributed by atoms with Crippen molar-refractivity contribution in [2.45, 2.75) is 25.8 Å². The number of carbonyl (C=O) groups is 2. The van der Waals surface area contributed by atoms with Crippen LogP contribution in [0.25, 0.3) is 20.7 Å². The molecule has 0 aliphatic rings. The van der Waals surface area contributed by atoms with Gasteiger partial charge in [-0.25, -0.2) is 4.39 Å². The van der Waals surface area contributed by atoms with Gasteiger partial charge in [-0.2, -0.15) is 0 Å². The second-order valence-corrected chi connectivity index (χ2v) is 12.8. The molecule has 0 radical (unpaired) electrons. The van der Waals surface area contributed by atoms with Gasteiger partial charge in [0.05, 0.1) is 16.6 Å². The summed E-state index contributed by atoms with van der Waals surface area (Å²) in [6.45, 7) is 3.01. The van der Waals surface area contributed by atoms with E-state index in [4.69, 9.17) is 4.74 Å². The fraction of sp³-hybridized carbons (Fsp3) is 0.270.